The number of carbonyl (C=O) groups is 2. The molecule has 4 rings (SSSR count). The van der Waals surface area contributed by atoms with Gasteiger partial charge in [0, 0.05) is 13.1 Å². The number of benzene rings is 2. The largest absolute Gasteiger partial charge is 0.348 e. The monoisotopic (exact) mass is 377 g/mol. The average molecular weight is 377 g/mol. The highest BCUT2D eigenvalue weighted by Gasteiger charge is 2.38. The summed E-state index contributed by atoms with van der Waals surface area (Å²) in [4.78, 5) is 27.8. The van der Waals surface area contributed by atoms with E-state index in [1.165, 1.54) is 11.1 Å². The smallest absolute Gasteiger partial charge is 0.243 e. The highest BCUT2D eigenvalue weighted by atomic mass is 16.2. The van der Waals surface area contributed by atoms with E-state index >= 15 is 0 Å². The van der Waals surface area contributed by atoms with Crippen LogP contribution >= 0.6 is 0 Å². The van der Waals surface area contributed by atoms with Crippen LogP contribution in [0.2, 0.25) is 0 Å². The summed E-state index contributed by atoms with van der Waals surface area (Å²) in [6.45, 7) is 3.33. The van der Waals surface area contributed by atoms with Gasteiger partial charge < -0.3 is 15.5 Å². The first kappa shape index (κ1) is 18.7. The molecule has 146 valence electrons. The van der Waals surface area contributed by atoms with E-state index in [9.17, 15) is 9.59 Å². The van der Waals surface area contributed by atoms with Crippen LogP contribution in [0, 0.1) is 0 Å². The van der Waals surface area contributed by atoms with E-state index in [4.69, 9.17) is 0 Å². The van der Waals surface area contributed by atoms with Gasteiger partial charge in [0.25, 0.3) is 0 Å². The summed E-state index contributed by atoms with van der Waals surface area (Å²) in [6, 6.07) is 17.4. The van der Waals surface area contributed by atoms with Crippen LogP contribution in [0.5, 0.6) is 0 Å². The van der Waals surface area contributed by atoms with Crippen molar-refractivity contribution in [2.24, 2.45) is 0 Å². The van der Waals surface area contributed by atoms with Gasteiger partial charge in [-0.2, -0.15) is 0 Å². The maximum absolute atomic E-state index is 13.2. The van der Waals surface area contributed by atoms with Gasteiger partial charge in [0.05, 0.1) is 12.1 Å². The van der Waals surface area contributed by atoms with Crippen molar-refractivity contribution in [2.45, 2.75) is 50.9 Å². The van der Waals surface area contributed by atoms with Gasteiger partial charge in [-0.25, -0.2) is 0 Å². The molecule has 2 aromatic carbocycles. The summed E-state index contributed by atoms with van der Waals surface area (Å²) >= 11 is 0. The van der Waals surface area contributed by atoms with E-state index in [-0.39, 0.29) is 29.9 Å². The van der Waals surface area contributed by atoms with Crippen molar-refractivity contribution in [3.05, 3.63) is 71.3 Å². The van der Waals surface area contributed by atoms with Crippen LogP contribution in [0.15, 0.2) is 54.6 Å². The first-order valence-electron chi connectivity index (χ1n) is 10.1. The van der Waals surface area contributed by atoms with Crippen molar-refractivity contribution in [1.82, 2.24) is 15.5 Å². The van der Waals surface area contributed by atoms with Crippen molar-refractivity contribution in [3.8, 4) is 0 Å². The molecule has 1 saturated heterocycles. The molecule has 0 saturated carbocycles. The molecule has 2 heterocycles. The van der Waals surface area contributed by atoms with E-state index < -0.39 is 0 Å². The molecular weight excluding hydrogens is 350 g/mol. The Hall–Kier alpha value is -2.66. The van der Waals surface area contributed by atoms with Crippen molar-refractivity contribution >= 4 is 11.8 Å². The lowest BCUT2D eigenvalue weighted by molar-refractivity contribution is -0.140. The topological polar surface area (TPSA) is 61.4 Å². The molecule has 5 heteroatoms. The number of hydrogen-bond donors (Lipinski definition) is 2. The molecule has 2 aromatic rings. The van der Waals surface area contributed by atoms with E-state index in [0.29, 0.717) is 19.5 Å². The van der Waals surface area contributed by atoms with Crippen molar-refractivity contribution in [1.29, 1.82) is 0 Å². The van der Waals surface area contributed by atoms with E-state index in [0.717, 1.165) is 18.4 Å². The van der Waals surface area contributed by atoms with Crippen LogP contribution in [-0.4, -0.2) is 35.3 Å². The lowest BCUT2D eigenvalue weighted by Gasteiger charge is -2.32. The number of fused-ring (bicyclic) bond motifs is 1. The first-order chi connectivity index (χ1) is 13.6. The summed E-state index contributed by atoms with van der Waals surface area (Å²) in [5.41, 5.74) is 3.54. The summed E-state index contributed by atoms with van der Waals surface area (Å²) in [6.07, 6.45) is 2.27. The Kier molecular flexibility index (Phi) is 5.44. The molecule has 0 aromatic heterocycles. The van der Waals surface area contributed by atoms with Gasteiger partial charge in [-0.15, -0.1) is 0 Å². The van der Waals surface area contributed by atoms with Gasteiger partial charge in [0.2, 0.25) is 11.8 Å². The third-order valence-electron chi connectivity index (χ3n) is 5.88. The molecule has 2 aliphatic heterocycles. The molecule has 0 bridgehead atoms. The van der Waals surface area contributed by atoms with Crippen LogP contribution < -0.4 is 10.6 Å². The SMILES string of the molecule is C[C@H](NC(=O)[C@@H]1CCCN1C(=O)[C@@H]1Cc2ccccc2CN1)c1ccccc1. The molecule has 2 aliphatic rings. The molecule has 2 amide bonds. The summed E-state index contributed by atoms with van der Waals surface area (Å²) in [5.74, 6) is -0.0158. The van der Waals surface area contributed by atoms with E-state index in [2.05, 4.69) is 22.8 Å². The van der Waals surface area contributed by atoms with Gasteiger partial charge >= 0.3 is 0 Å². The molecule has 0 aliphatic carbocycles. The van der Waals surface area contributed by atoms with Crippen LogP contribution in [0.1, 0.15) is 42.5 Å². The Bertz CT molecular complexity index is 852. The quantitative estimate of drug-likeness (QED) is 0.861. The fourth-order valence-corrected chi connectivity index (χ4v) is 4.27. The Morgan fingerprint density at radius 2 is 1.79 bits per heavy atom. The third-order valence-corrected chi connectivity index (χ3v) is 5.88. The molecule has 0 radical (unpaired) electrons. The fourth-order valence-electron chi connectivity index (χ4n) is 4.27. The zero-order valence-electron chi connectivity index (χ0n) is 16.2. The van der Waals surface area contributed by atoms with E-state index in [1.807, 2.05) is 49.4 Å². The number of carbonyl (C=O) groups excluding carboxylic acids is 2. The number of hydrogen-bond acceptors (Lipinski definition) is 3. The Morgan fingerprint density at radius 1 is 1.07 bits per heavy atom. The normalized spacial score (nSPS) is 22.4. The zero-order valence-corrected chi connectivity index (χ0v) is 16.2. The van der Waals surface area contributed by atoms with Crippen LogP contribution in [0.25, 0.3) is 0 Å². The predicted octanol–water partition coefficient (Wildman–Crippen LogP) is 2.57. The molecule has 28 heavy (non-hydrogen) atoms. The molecule has 3 atom stereocenters. The molecule has 5 nitrogen and oxygen atoms in total. The molecule has 0 unspecified atom stereocenters. The Morgan fingerprint density at radius 3 is 2.57 bits per heavy atom. The van der Waals surface area contributed by atoms with Gasteiger partial charge in [0.1, 0.15) is 6.04 Å². The molecule has 1 fully saturated rings. The second-order valence-corrected chi connectivity index (χ2v) is 7.74. The number of likely N-dealkylation sites (tertiary alicyclic amines) is 1. The maximum Gasteiger partial charge on any atom is 0.243 e. The summed E-state index contributed by atoms with van der Waals surface area (Å²) in [5, 5.41) is 6.44. The Labute approximate surface area is 166 Å². The molecule has 0 spiro atoms. The van der Waals surface area contributed by atoms with Crippen molar-refractivity contribution in [3.63, 3.8) is 0 Å². The van der Waals surface area contributed by atoms with Gasteiger partial charge in [-0.3, -0.25) is 9.59 Å². The number of nitrogens with one attached hydrogen (secondary N) is 2. The summed E-state index contributed by atoms with van der Waals surface area (Å²) in [7, 11) is 0. The lowest BCUT2D eigenvalue weighted by atomic mass is 9.95. The average Bonchev–Trinajstić information content (AvgIpc) is 3.23. The first-order valence-corrected chi connectivity index (χ1v) is 10.1. The second kappa shape index (κ2) is 8.15. The third kappa shape index (κ3) is 3.80. The van der Waals surface area contributed by atoms with Gasteiger partial charge in [-0.1, -0.05) is 54.6 Å². The standard InChI is InChI=1S/C23H27N3O2/c1-16(17-8-3-2-4-9-17)25-22(27)21-12-7-13-26(21)23(28)20-14-18-10-5-6-11-19(18)15-24-20/h2-6,8-11,16,20-21,24H,7,12-15H2,1H3,(H,25,27)/t16-,20-,21-/m0/s1. The molecule has 2 N–H and O–H groups in total. The highest BCUT2D eigenvalue weighted by Crippen LogP contribution is 2.23. The predicted molar refractivity (Wildman–Crippen MR) is 109 cm³/mol. The minimum Gasteiger partial charge on any atom is -0.348 e. The van der Waals surface area contributed by atoms with E-state index in [1.54, 1.807) is 4.90 Å². The van der Waals surface area contributed by atoms with Crippen LogP contribution in [0.4, 0.5) is 0 Å². The number of rotatable bonds is 4. The summed E-state index contributed by atoms with van der Waals surface area (Å²) < 4.78 is 0. The van der Waals surface area contributed by atoms with Crippen LogP contribution in [-0.2, 0) is 22.6 Å². The minimum atomic E-state index is -0.377. The number of nitrogens with zero attached hydrogens (tertiary/aromatic N) is 1. The van der Waals surface area contributed by atoms with Crippen molar-refractivity contribution < 1.29 is 9.59 Å². The zero-order chi connectivity index (χ0) is 19.5. The molecular formula is C23H27N3O2. The Balaban J connectivity index is 1.42. The minimum absolute atomic E-state index is 0.0412. The van der Waals surface area contributed by atoms with Gasteiger partial charge in [-0.05, 0) is 42.9 Å². The van der Waals surface area contributed by atoms with Crippen molar-refractivity contribution in [2.75, 3.05) is 6.54 Å². The lowest BCUT2D eigenvalue weighted by Crippen LogP contribution is -2.54. The number of amides is 2. The fraction of sp³-hybridized carbons (Fsp3) is 0.391. The van der Waals surface area contributed by atoms with Crippen LogP contribution in [0.3, 0.4) is 0 Å². The maximum atomic E-state index is 13.2. The highest BCUT2D eigenvalue weighted by molar-refractivity contribution is 5.90. The second-order valence-electron chi connectivity index (χ2n) is 7.74. The van der Waals surface area contributed by atoms with Gasteiger partial charge in [0.15, 0.2) is 0 Å².